The van der Waals surface area contributed by atoms with Crippen LogP contribution in [-0.2, 0) is 6.54 Å². The zero-order valence-corrected chi connectivity index (χ0v) is 13.5. The van der Waals surface area contributed by atoms with Crippen LogP contribution in [0.15, 0.2) is 33.7 Å². The summed E-state index contributed by atoms with van der Waals surface area (Å²) in [6.07, 6.45) is 2.15. The van der Waals surface area contributed by atoms with Crippen LogP contribution in [0.2, 0.25) is 0 Å². The molecule has 2 aromatic heterocycles. The van der Waals surface area contributed by atoms with Crippen molar-refractivity contribution in [1.29, 1.82) is 0 Å². The molecule has 1 unspecified atom stereocenters. The highest BCUT2D eigenvalue weighted by Gasteiger charge is 2.23. The summed E-state index contributed by atoms with van der Waals surface area (Å²) in [5.41, 5.74) is 3.54. The van der Waals surface area contributed by atoms with Crippen LogP contribution in [0.1, 0.15) is 35.8 Å². The van der Waals surface area contributed by atoms with Gasteiger partial charge in [0.25, 0.3) is 5.56 Å². The number of rotatable bonds is 3. The van der Waals surface area contributed by atoms with E-state index in [1.165, 1.54) is 0 Å². The first-order valence-electron chi connectivity index (χ1n) is 8.19. The van der Waals surface area contributed by atoms with Crippen molar-refractivity contribution in [2.45, 2.75) is 32.2 Å². The lowest BCUT2D eigenvalue weighted by Gasteiger charge is -2.32. The number of aromatic amines is 1. The maximum Gasteiger partial charge on any atom is 0.251 e. The smallest absolute Gasteiger partial charge is 0.251 e. The van der Waals surface area contributed by atoms with Crippen LogP contribution in [-0.4, -0.2) is 38.3 Å². The molecule has 3 heterocycles. The lowest BCUT2D eigenvalue weighted by molar-refractivity contribution is 0.198. The van der Waals surface area contributed by atoms with Gasteiger partial charge < -0.3 is 4.98 Å². The van der Waals surface area contributed by atoms with Crippen molar-refractivity contribution in [2.75, 3.05) is 13.1 Å². The summed E-state index contributed by atoms with van der Waals surface area (Å²) in [7, 11) is 0. The molecule has 0 aliphatic carbocycles. The van der Waals surface area contributed by atoms with E-state index >= 15 is 0 Å². The number of piperidine rings is 1. The standard InChI is InChI=1S/C17H19N5O2/c1-11-18-15(8-16(23)19-11)12-5-3-7-22(9-12)10-13-4-2-6-14-17(13)21-24-20-14/h2,4,6,8,12H,3,5,7,9-10H2,1H3,(H,18,19,23). The third kappa shape index (κ3) is 2.94. The minimum absolute atomic E-state index is 0.0759. The van der Waals surface area contributed by atoms with Gasteiger partial charge in [0, 0.05) is 25.1 Å². The van der Waals surface area contributed by atoms with Gasteiger partial charge in [-0.25, -0.2) is 9.61 Å². The normalized spacial score (nSPS) is 19.0. The number of hydrogen-bond donors (Lipinski definition) is 1. The highest BCUT2D eigenvalue weighted by atomic mass is 16.6. The van der Waals surface area contributed by atoms with Crippen molar-refractivity contribution in [3.8, 4) is 0 Å². The SMILES string of the molecule is Cc1nc(C2CCCN(Cc3cccc4nonc34)C2)cc(=O)[nH]1. The topological polar surface area (TPSA) is 87.9 Å². The van der Waals surface area contributed by atoms with E-state index in [0.29, 0.717) is 5.82 Å². The van der Waals surface area contributed by atoms with E-state index in [4.69, 9.17) is 4.63 Å². The molecule has 7 nitrogen and oxygen atoms in total. The molecule has 0 amide bonds. The predicted molar refractivity (Wildman–Crippen MR) is 88.7 cm³/mol. The van der Waals surface area contributed by atoms with Gasteiger partial charge in [0.2, 0.25) is 0 Å². The molecule has 4 rings (SSSR count). The van der Waals surface area contributed by atoms with Crippen molar-refractivity contribution in [1.82, 2.24) is 25.2 Å². The molecule has 1 atom stereocenters. The summed E-state index contributed by atoms with van der Waals surface area (Å²) in [5, 5.41) is 7.92. The number of likely N-dealkylation sites (tertiary alicyclic amines) is 1. The summed E-state index contributed by atoms with van der Waals surface area (Å²) in [6, 6.07) is 7.57. The molecule has 1 N–H and O–H groups in total. The van der Waals surface area contributed by atoms with Gasteiger partial charge in [-0.2, -0.15) is 0 Å². The predicted octanol–water partition coefficient (Wildman–Crippen LogP) is 1.99. The van der Waals surface area contributed by atoms with Crippen LogP contribution >= 0.6 is 0 Å². The molecule has 0 bridgehead atoms. The molecule has 1 saturated heterocycles. The number of aryl methyl sites for hydroxylation is 1. The summed E-state index contributed by atoms with van der Waals surface area (Å²) >= 11 is 0. The lowest BCUT2D eigenvalue weighted by Crippen LogP contribution is -2.34. The van der Waals surface area contributed by atoms with Gasteiger partial charge in [0.15, 0.2) is 0 Å². The maximum absolute atomic E-state index is 11.7. The van der Waals surface area contributed by atoms with E-state index in [1.807, 2.05) is 19.1 Å². The first-order chi connectivity index (χ1) is 11.7. The summed E-state index contributed by atoms with van der Waals surface area (Å²) in [6.45, 7) is 4.53. The second-order valence-electron chi connectivity index (χ2n) is 6.38. The molecule has 1 aliphatic rings. The van der Waals surface area contributed by atoms with Crippen molar-refractivity contribution in [3.63, 3.8) is 0 Å². The van der Waals surface area contributed by atoms with Crippen LogP contribution in [0.4, 0.5) is 0 Å². The molecule has 24 heavy (non-hydrogen) atoms. The third-order valence-corrected chi connectivity index (χ3v) is 4.57. The Hall–Kier alpha value is -2.54. The molecule has 0 radical (unpaired) electrons. The lowest BCUT2D eigenvalue weighted by atomic mass is 9.94. The van der Waals surface area contributed by atoms with E-state index in [2.05, 4.69) is 31.2 Å². The van der Waals surface area contributed by atoms with Crippen molar-refractivity contribution in [3.05, 3.63) is 51.7 Å². The molecule has 1 fully saturated rings. The fourth-order valence-electron chi connectivity index (χ4n) is 3.48. The molecule has 1 aromatic carbocycles. The Morgan fingerprint density at radius 1 is 1.38 bits per heavy atom. The zero-order chi connectivity index (χ0) is 16.5. The Balaban J connectivity index is 1.54. The van der Waals surface area contributed by atoms with Gasteiger partial charge >= 0.3 is 0 Å². The molecule has 124 valence electrons. The number of nitrogens with zero attached hydrogens (tertiary/aromatic N) is 4. The fraction of sp³-hybridized carbons (Fsp3) is 0.412. The minimum atomic E-state index is -0.0759. The molecule has 0 saturated carbocycles. The minimum Gasteiger partial charge on any atom is -0.311 e. The Morgan fingerprint density at radius 3 is 3.17 bits per heavy atom. The van der Waals surface area contributed by atoms with Gasteiger partial charge in [0.05, 0.1) is 5.69 Å². The summed E-state index contributed by atoms with van der Waals surface area (Å²) < 4.78 is 4.84. The molecular formula is C17H19N5O2. The average Bonchev–Trinajstić information content (AvgIpc) is 3.04. The number of benzene rings is 1. The first-order valence-corrected chi connectivity index (χ1v) is 8.19. The first kappa shape index (κ1) is 15.0. The van der Waals surface area contributed by atoms with Crippen LogP contribution < -0.4 is 5.56 Å². The number of aromatic nitrogens is 4. The summed E-state index contributed by atoms with van der Waals surface area (Å²) in [4.78, 5) is 21.3. The summed E-state index contributed by atoms with van der Waals surface area (Å²) in [5.74, 6) is 0.961. The second-order valence-corrected chi connectivity index (χ2v) is 6.38. The number of hydrogen-bond acceptors (Lipinski definition) is 6. The van der Waals surface area contributed by atoms with E-state index in [0.717, 1.165) is 54.8 Å². The second kappa shape index (κ2) is 6.16. The molecule has 7 heteroatoms. The van der Waals surface area contributed by atoms with Crippen LogP contribution in [0.25, 0.3) is 11.0 Å². The monoisotopic (exact) mass is 325 g/mol. The molecule has 3 aromatic rings. The molecule has 0 spiro atoms. The Bertz CT molecular complexity index is 916. The van der Waals surface area contributed by atoms with Crippen LogP contribution in [0.5, 0.6) is 0 Å². The number of H-pyrrole nitrogens is 1. The molecular weight excluding hydrogens is 306 g/mol. The largest absolute Gasteiger partial charge is 0.311 e. The highest BCUT2D eigenvalue weighted by molar-refractivity contribution is 5.76. The fourth-order valence-corrected chi connectivity index (χ4v) is 3.48. The zero-order valence-electron chi connectivity index (χ0n) is 13.5. The van der Waals surface area contributed by atoms with Crippen LogP contribution in [0.3, 0.4) is 0 Å². The highest BCUT2D eigenvalue weighted by Crippen LogP contribution is 2.27. The molecule has 1 aliphatic heterocycles. The Kier molecular flexibility index (Phi) is 3.86. The average molecular weight is 325 g/mol. The van der Waals surface area contributed by atoms with E-state index in [1.54, 1.807) is 6.07 Å². The Labute approximate surface area is 138 Å². The third-order valence-electron chi connectivity index (χ3n) is 4.57. The Morgan fingerprint density at radius 2 is 2.29 bits per heavy atom. The number of fused-ring (bicyclic) bond motifs is 1. The van der Waals surface area contributed by atoms with Gasteiger partial charge in [-0.15, -0.1) is 0 Å². The van der Waals surface area contributed by atoms with Gasteiger partial charge in [-0.3, -0.25) is 9.69 Å². The van der Waals surface area contributed by atoms with E-state index in [-0.39, 0.29) is 11.5 Å². The quantitative estimate of drug-likeness (QED) is 0.792. The number of nitrogens with one attached hydrogen (secondary N) is 1. The van der Waals surface area contributed by atoms with Crippen LogP contribution in [0, 0.1) is 6.92 Å². The van der Waals surface area contributed by atoms with E-state index < -0.39 is 0 Å². The van der Waals surface area contributed by atoms with Gasteiger partial charge in [-0.1, -0.05) is 12.1 Å². The van der Waals surface area contributed by atoms with Crippen molar-refractivity contribution < 1.29 is 4.63 Å². The van der Waals surface area contributed by atoms with Crippen molar-refractivity contribution in [2.24, 2.45) is 0 Å². The van der Waals surface area contributed by atoms with E-state index in [9.17, 15) is 4.79 Å². The van der Waals surface area contributed by atoms with Gasteiger partial charge in [-0.05, 0) is 48.3 Å². The van der Waals surface area contributed by atoms with Crippen molar-refractivity contribution >= 4 is 11.0 Å². The maximum atomic E-state index is 11.7. The van der Waals surface area contributed by atoms with Gasteiger partial charge in [0.1, 0.15) is 16.9 Å².